The average Bonchev–Trinajstić information content (AvgIpc) is 2.62. The van der Waals surface area contributed by atoms with Gasteiger partial charge in [-0.25, -0.2) is 0 Å². The Labute approximate surface area is 154 Å². The van der Waals surface area contributed by atoms with Gasteiger partial charge in [-0.15, -0.1) is 0 Å². The van der Waals surface area contributed by atoms with Crippen molar-refractivity contribution in [2.75, 3.05) is 11.4 Å². The molecule has 6 rings (SSSR count). The van der Waals surface area contributed by atoms with Crippen LogP contribution in [0.25, 0.3) is 0 Å². The predicted octanol–water partition coefficient (Wildman–Crippen LogP) is 2.74. The number of ether oxygens (including phenoxy) is 1. The van der Waals surface area contributed by atoms with Crippen LogP contribution in [0, 0.1) is 23.7 Å². The third kappa shape index (κ3) is 2.60. The van der Waals surface area contributed by atoms with Gasteiger partial charge in [-0.1, -0.05) is 12.1 Å². The van der Waals surface area contributed by atoms with E-state index in [0.717, 1.165) is 17.5 Å². The van der Waals surface area contributed by atoms with Crippen molar-refractivity contribution in [3.8, 4) is 5.75 Å². The van der Waals surface area contributed by atoms with Crippen molar-refractivity contribution in [3.63, 3.8) is 0 Å². The molecule has 1 aromatic carbocycles. The molecule has 0 aromatic heterocycles. The lowest BCUT2D eigenvalue weighted by molar-refractivity contribution is -0.132. The maximum Gasteiger partial charge on any atom is 0.263 e. The maximum absolute atomic E-state index is 13.0. The topological polar surface area (TPSA) is 58.6 Å². The van der Waals surface area contributed by atoms with Gasteiger partial charge in [0, 0.05) is 13.0 Å². The molecule has 4 fully saturated rings. The molecule has 1 N–H and O–H groups in total. The van der Waals surface area contributed by atoms with Crippen molar-refractivity contribution in [2.45, 2.75) is 51.2 Å². The molecule has 4 saturated carbocycles. The summed E-state index contributed by atoms with van der Waals surface area (Å²) in [5.41, 5.74) is 0.749. The number of hydrogen-bond acceptors (Lipinski definition) is 3. The molecule has 1 aliphatic heterocycles. The van der Waals surface area contributed by atoms with Gasteiger partial charge in [0.2, 0.25) is 5.91 Å². The normalized spacial score (nSPS) is 37.0. The fourth-order valence-electron chi connectivity index (χ4n) is 6.09. The van der Waals surface area contributed by atoms with E-state index in [1.54, 1.807) is 4.90 Å². The lowest BCUT2D eigenvalue weighted by Gasteiger charge is -2.54. The van der Waals surface area contributed by atoms with Gasteiger partial charge in [0.05, 0.1) is 12.2 Å². The Morgan fingerprint density at radius 1 is 1.04 bits per heavy atom. The van der Waals surface area contributed by atoms with Crippen LogP contribution in [0.5, 0.6) is 5.75 Å². The van der Waals surface area contributed by atoms with Gasteiger partial charge in [-0.2, -0.15) is 0 Å². The first-order valence-corrected chi connectivity index (χ1v) is 9.92. The number of nitrogens with one attached hydrogen (secondary N) is 1. The summed E-state index contributed by atoms with van der Waals surface area (Å²) in [6, 6.07) is 7.74. The van der Waals surface area contributed by atoms with E-state index < -0.39 is 6.10 Å². The second-order valence-electron chi connectivity index (χ2n) is 8.67. The molecule has 1 unspecified atom stereocenters. The Morgan fingerprint density at radius 3 is 2.35 bits per heavy atom. The number of carbonyl (C=O) groups is 2. The number of amides is 2. The van der Waals surface area contributed by atoms with Crippen molar-refractivity contribution in [1.29, 1.82) is 0 Å². The molecule has 138 valence electrons. The minimum Gasteiger partial charge on any atom is -0.477 e. The van der Waals surface area contributed by atoms with Crippen LogP contribution in [0.3, 0.4) is 0 Å². The van der Waals surface area contributed by atoms with Crippen molar-refractivity contribution >= 4 is 17.5 Å². The summed E-state index contributed by atoms with van der Waals surface area (Å²) in [6.07, 6.45) is 5.85. The van der Waals surface area contributed by atoms with Crippen LogP contribution in [-0.4, -0.2) is 30.5 Å². The Morgan fingerprint density at radius 2 is 1.69 bits per heavy atom. The molecule has 1 aromatic rings. The van der Waals surface area contributed by atoms with E-state index in [0.29, 0.717) is 23.6 Å². The molecule has 0 spiro atoms. The third-order valence-corrected chi connectivity index (χ3v) is 6.98. The van der Waals surface area contributed by atoms with E-state index in [-0.39, 0.29) is 18.4 Å². The molecular formula is C21H26N2O3. The van der Waals surface area contributed by atoms with E-state index in [9.17, 15) is 9.59 Å². The molecule has 4 bridgehead atoms. The summed E-state index contributed by atoms with van der Waals surface area (Å²) in [5, 5.41) is 3.32. The SMILES string of the molecule is CC(=O)N1CC(C(=O)NC2C3CC4CC(C3)CC2C4)Oc2ccccc21. The first kappa shape index (κ1) is 16.2. The number of benzene rings is 1. The number of hydrogen-bond donors (Lipinski definition) is 1. The maximum atomic E-state index is 13.0. The van der Waals surface area contributed by atoms with E-state index in [2.05, 4.69) is 5.32 Å². The predicted molar refractivity (Wildman–Crippen MR) is 97.9 cm³/mol. The van der Waals surface area contributed by atoms with E-state index in [4.69, 9.17) is 4.74 Å². The molecule has 1 heterocycles. The van der Waals surface area contributed by atoms with Gasteiger partial charge < -0.3 is 15.0 Å². The molecule has 5 nitrogen and oxygen atoms in total. The highest BCUT2D eigenvalue weighted by Crippen LogP contribution is 2.53. The van der Waals surface area contributed by atoms with Crippen LogP contribution in [-0.2, 0) is 9.59 Å². The lowest BCUT2D eigenvalue weighted by atomic mass is 9.54. The fourth-order valence-corrected chi connectivity index (χ4v) is 6.09. The highest BCUT2D eigenvalue weighted by Gasteiger charge is 2.49. The number of para-hydroxylation sites is 2. The smallest absolute Gasteiger partial charge is 0.263 e. The Hall–Kier alpha value is -2.04. The molecule has 5 heteroatoms. The van der Waals surface area contributed by atoms with Crippen LogP contribution in [0.4, 0.5) is 5.69 Å². The Bertz CT molecular complexity index is 719. The zero-order valence-corrected chi connectivity index (χ0v) is 15.2. The van der Waals surface area contributed by atoms with Gasteiger partial charge in [-0.3, -0.25) is 9.59 Å². The number of rotatable bonds is 2. The van der Waals surface area contributed by atoms with Gasteiger partial charge in [0.1, 0.15) is 5.75 Å². The summed E-state index contributed by atoms with van der Waals surface area (Å²) in [6.45, 7) is 1.82. The van der Waals surface area contributed by atoms with Crippen molar-refractivity contribution in [1.82, 2.24) is 5.32 Å². The molecule has 1 atom stereocenters. The Kier molecular flexibility index (Phi) is 3.73. The average molecular weight is 354 g/mol. The third-order valence-electron chi connectivity index (χ3n) is 6.98. The molecule has 26 heavy (non-hydrogen) atoms. The van der Waals surface area contributed by atoms with E-state index in [1.807, 2.05) is 24.3 Å². The van der Waals surface area contributed by atoms with Crippen LogP contribution in [0.1, 0.15) is 39.0 Å². The lowest BCUT2D eigenvalue weighted by Crippen LogP contribution is -2.59. The van der Waals surface area contributed by atoms with Gasteiger partial charge in [0.25, 0.3) is 5.91 Å². The second kappa shape index (κ2) is 6.00. The van der Waals surface area contributed by atoms with E-state index >= 15 is 0 Å². The van der Waals surface area contributed by atoms with Gasteiger partial charge in [0.15, 0.2) is 6.10 Å². The van der Waals surface area contributed by atoms with Crippen molar-refractivity contribution < 1.29 is 14.3 Å². The highest BCUT2D eigenvalue weighted by molar-refractivity contribution is 5.95. The van der Waals surface area contributed by atoms with Crippen LogP contribution >= 0.6 is 0 Å². The fraction of sp³-hybridized carbons (Fsp3) is 0.619. The first-order valence-electron chi connectivity index (χ1n) is 9.92. The zero-order chi connectivity index (χ0) is 17.8. The summed E-state index contributed by atoms with van der Waals surface area (Å²) < 4.78 is 5.96. The van der Waals surface area contributed by atoms with E-state index in [1.165, 1.54) is 39.0 Å². The quantitative estimate of drug-likeness (QED) is 0.888. The number of nitrogens with zero attached hydrogens (tertiary/aromatic N) is 1. The largest absolute Gasteiger partial charge is 0.477 e. The molecule has 4 aliphatic carbocycles. The molecule has 0 saturated heterocycles. The Balaban J connectivity index is 1.33. The summed E-state index contributed by atoms with van der Waals surface area (Å²) in [7, 11) is 0. The van der Waals surface area contributed by atoms with Crippen LogP contribution < -0.4 is 15.0 Å². The molecule has 2 amide bonds. The highest BCUT2D eigenvalue weighted by atomic mass is 16.5. The minimum atomic E-state index is -0.633. The van der Waals surface area contributed by atoms with Crippen LogP contribution in [0.15, 0.2) is 24.3 Å². The number of carbonyl (C=O) groups excluding carboxylic acids is 2. The van der Waals surface area contributed by atoms with Gasteiger partial charge in [-0.05, 0) is 67.9 Å². The minimum absolute atomic E-state index is 0.0619. The number of fused-ring (bicyclic) bond motifs is 1. The number of anilines is 1. The van der Waals surface area contributed by atoms with Gasteiger partial charge >= 0.3 is 0 Å². The summed E-state index contributed by atoms with van der Waals surface area (Å²) in [5.74, 6) is 3.52. The second-order valence-corrected chi connectivity index (χ2v) is 8.67. The monoisotopic (exact) mass is 354 g/mol. The van der Waals surface area contributed by atoms with Crippen molar-refractivity contribution in [2.24, 2.45) is 23.7 Å². The summed E-state index contributed by atoms with van der Waals surface area (Å²) >= 11 is 0. The van der Waals surface area contributed by atoms with Crippen molar-refractivity contribution in [3.05, 3.63) is 24.3 Å². The summed E-state index contributed by atoms with van der Waals surface area (Å²) in [4.78, 5) is 26.7. The van der Waals surface area contributed by atoms with Crippen LogP contribution in [0.2, 0.25) is 0 Å². The zero-order valence-electron chi connectivity index (χ0n) is 15.2. The standard InChI is InChI=1S/C21H26N2O3/c1-12(24)23-11-19(26-18-5-3-2-4-17(18)23)21(25)22-20-15-7-13-6-14(9-15)10-16(20)8-13/h2-5,13-16,19-20H,6-11H2,1H3,(H,22,25). The first-order chi connectivity index (χ1) is 12.6. The molecule has 0 radical (unpaired) electrons. The molecular weight excluding hydrogens is 328 g/mol. The molecule has 5 aliphatic rings.